The lowest BCUT2D eigenvalue weighted by Crippen LogP contribution is -2.47. The van der Waals surface area contributed by atoms with Crippen LogP contribution in [0.2, 0.25) is 0 Å². The molecule has 0 unspecified atom stereocenters. The Morgan fingerprint density at radius 3 is 2.56 bits per heavy atom. The van der Waals surface area contributed by atoms with E-state index in [2.05, 4.69) is 44.8 Å². The molecule has 1 saturated heterocycles. The first-order valence-corrected chi connectivity index (χ1v) is 11.7. The second kappa shape index (κ2) is 11.9. The molecule has 4 rings (SSSR count). The van der Waals surface area contributed by atoms with Crippen LogP contribution < -0.4 is 9.64 Å². The van der Waals surface area contributed by atoms with Crippen molar-refractivity contribution in [2.75, 3.05) is 71.2 Å². The van der Waals surface area contributed by atoms with Crippen LogP contribution in [0, 0.1) is 0 Å². The summed E-state index contributed by atoms with van der Waals surface area (Å²) in [5.74, 6) is -0.348. The number of nitrogens with zero attached hydrogens (tertiary/aromatic N) is 3. The molecule has 0 aliphatic carbocycles. The topological polar surface area (TPSA) is 76.4 Å². The van der Waals surface area contributed by atoms with E-state index in [1.807, 2.05) is 0 Å². The zero-order valence-electron chi connectivity index (χ0n) is 19.7. The molecule has 8 nitrogen and oxygen atoms in total. The van der Waals surface area contributed by atoms with Gasteiger partial charge < -0.3 is 28.8 Å². The molecule has 34 heavy (non-hydrogen) atoms. The first kappa shape index (κ1) is 24.1. The van der Waals surface area contributed by atoms with Gasteiger partial charge in [0, 0.05) is 58.0 Å². The van der Waals surface area contributed by atoms with Crippen LogP contribution in [0.15, 0.2) is 54.7 Å². The summed E-state index contributed by atoms with van der Waals surface area (Å²) in [6.07, 6.45) is 2.25. The van der Waals surface area contributed by atoms with E-state index in [1.54, 1.807) is 31.4 Å². The minimum atomic E-state index is -0.943. The van der Waals surface area contributed by atoms with Crippen LogP contribution in [-0.4, -0.2) is 86.8 Å². The molecule has 0 bridgehead atoms. The third kappa shape index (κ3) is 6.08. The average molecular weight is 468 g/mol. The molecular formula is C26H33N3O5. The SMILES string of the molecule is COCCOCCn1cc(N2CCN(CCOc3cccc(C(=O)O)c3)CC2)c2ccccc21. The summed E-state index contributed by atoms with van der Waals surface area (Å²) in [4.78, 5) is 16.0. The maximum Gasteiger partial charge on any atom is 0.335 e. The maximum absolute atomic E-state index is 11.1. The van der Waals surface area contributed by atoms with Crippen LogP contribution in [0.3, 0.4) is 0 Å². The smallest absolute Gasteiger partial charge is 0.335 e. The molecule has 2 heterocycles. The van der Waals surface area contributed by atoms with Crippen molar-refractivity contribution in [3.05, 3.63) is 60.3 Å². The molecule has 2 aromatic carbocycles. The largest absolute Gasteiger partial charge is 0.492 e. The highest BCUT2D eigenvalue weighted by Gasteiger charge is 2.20. The van der Waals surface area contributed by atoms with Crippen molar-refractivity contribution in [1.82, 2.24) is 9.47 Å². The molecule has 0 spiro atoms. The summed E-state index contributed by atoms with van der Waals surface area (Å²) >= 11 is 0. The zero-order valence-corrected chi connectivity index (χ0v) is 19.7. The van der Waals surface area contributed by atoms with Crippen molar-refractivity contribution in [1.29, 1.82) is 0 Å². The van der Waals surface area contributed by atoms with E-state index in [-0.39, 0.29) is 5.56 Å². The number of hydrogen-bond acceptors (Lipinski definition) is 6. The van der Waals surface area contributed by atoms with Crippen molar-refractivity contribution in [3.63, 3.8) is 0 Å². The predicted molar refractivity (Wildman–Crippen MR) is 132 cm³/mol. The lowest BCUT2D eigenvalue weighted by atomic mass is 10.2. The van der Waals surface area contributed by atoms with Gasteiger partial charge in [0.15, 0.2) is 0 Å². The molecule has 1 fully saturated rings. The fraction of sp³-hybridized carbons (Fsp3) is 0.423. The van der Waals surface area contributed by atoms with Crippen LogP contribution in [0.25, 0.3) is 10.9 Å². The first-order valence-electron chi connectivity index (χ1n) is 11.7. The Morgan fingerprint density at radius 2 is 1.76 bits per heavy atom. The Bertz CT molecular complexity index is 1080. The zero-order chi connectivity index (χ0) is 23.8. The fourth-order valence-corrected chi connectivity index (χ4v) is 4.30. The molecule has 0 atom stereocenters. The lowest BCUT2D eigenvalue weighted by molar-refractivity contribution is 0.0670. The number of para-hydroxylation sites is 1. The van der Waals surface area contributed by atoms with Crippen LogP contribution >= 0.6 is 0 Å². The van der Waals surface area contributed by atoms with Gasteiger partial charge in [0.05, 0.1) is 36.6 Å². The minimum absolute atomic E-state index is 0.242. The van der Waals surface area contributed by atoms with Crippen molar-refractivity contribution >= 4 is 22.6 Å². The third-order valence-electron chi connectivity index (χ3n) is 6.15. The first-order chi connectivity index (χ1) is 16.7. The van der Waals surface area contributed by atoms with E-state index < -0.39 is 5.97 Å². The molecule has 1 aliphatic heterocycles. The normalized spacial score (nSPS) is 14.6. The quantitative estimate of drug-likeness (QED) is 0.410. The van der Waals surface area contributed by atoms with E-state index in [0.717, 1.165) is 39.3 Å². The van der Waals surface area contributed by atoms with Gasteiger partial charge in [-0.25, -0.2) is 4.79 Å². The van der Waals surface area contributed by atoms with E-state index in [1.165, 1.54) is 16.6 Å². The summed E-state index contributed by atoms with van der Waals surface area (Å²) in [5, 5.41) is 10.4. The highest BCUT2D eigenvalue weighted by Crippen LogP contribution is 2.30. The molecular weight excluding hydrogens is 434 g/mol. The second-order valence-corrected chi connectivity index (χ2v) is 8.34. The number of carboxylic acids is 1. The number of aromatic carboxylic acids is 1. The van der Waals surface area contributed by atoms with Gasteiger partial charge in [0.25, 0.3) is 0 Å². The number of methoxy groups -OCH3 is 1. The van der Waals surface area contributed by atoms with Gasteiger partial charge in [-0.2, -0.15) is 0 Å². The number of fused-ring (bicyclic) bond motifs is 1. The molecule has 1 aromatic heterocycles. The second-order valence-electron chi connectivity index (χ2n) is 8.34. The predicted octanol–water partition coefficient (Wildman–Crippen LogP) is 3.20. The van der Waals surface area contributed by atoms with Crippen molar-refractivity contribution in [3.8, 4) is 5.75 Å². The van der Waals surface area contributed by atoms with Crippen LogP contribution in [0.5, 0.6) is 5.75 Å². The van der Waals surface area contributed by atoms with Gasteiger partial charge in [0.2, 0.25) is 0 Å². The Labute approximate surface area is 200 Å². The van der Waals surface area contributed by atoms with Crippen molar-refractivity contribution in [2.45, 2.75) is 6.54 Å². The summed E-state index contributed by atoms with van der Waals surface area (Å²) < 4.78 is 18.8. The number of rotatable bonds is 12. The van der Waals surface area contributed by atoms with Crippen molar-refractivity contribution in [2.24, 2.45) is 0 Å². The summed E-state index contributed by atoms with van der Waals surface area (Å²) in [7, 11) is 1.68. The van der Waals surface area contributed by atoms with Crippen LogP contribution in [0.4, 0.5) is 5.69 Å². The van der Waals surface area contributed by atoms with Gasteiger partial charge in [-0.3, -0.25) is 4.90 Å². The number of ether oxygens (including phenoxy) is 3. The van der Waals surface area contributed by atoms with E-state index in [4.69, 9.17) is 19.3 Å². The molecule has 8 heteroatoms. The number of hydrogen-bond donors (Lipinski definition) is 1. The average Bonchev–Trinajstić information content (AvgIpc) is 3.23. The number of benzene rings is 2. The van der Waals surface area contributed by atoms with Gasteiger partial charge in [-0.05, 0) is 24.3 Å². The fourth-order valence-electron chi connectivity index (χ4n) is 4.30. The Balaban J connectivity index is 1.29. The van der Waals surface area contributed by atoms with Gasteiger partial charge in [-0.15, -0.1) is 0 Å². The molecule has 0 amide bonds. The number of carboxylic acid groups (broad SMARTS) is 1. The highest BCUT2D eigenvalue weighted by atomic mass is 16.5. The molecule has 3 aromatic rings. The number of carbonyl (C=O) groups is 1. The van der Waals surface area contributed by atoms with E-state index in [9.17, 15) is 4.79 Å². The standard InChI is InChI=1S/C26H33N3O5/c1-32-17-18-33-15-14-29-20-25(23-7-2-3-8-24(23)29)28-11-9-27(10-12-28)13-16-34-22-6-4-5-21(19-22)26(30)31/h2-8,19-20H,9-18H2,1H3,(H,30,31). The van der Waals surface area contributed by atoms with Crippen LogP contribution in [0.1, 0.15) is 10.4 Å². The Hall–Kier alpha value is -3.07. The summed E-state index contributed by atoms with van der Waals surface area (Å²) in [6.45, 7) is 7.85. The van der Waals surface area contributed by atoms with E-state index >= 15 is 0 Å². The monoisotopic (exact) mass is 467 g/mol. The molecule has 182 valence electrons. The van der Waals surface area contributed by atoms with E-state index in [0.29, 0.717) is 32.2 Å². The summed E-state index contributed by atoms with van der Waals surface area (Å²) in [6, 6.07) is 15.2. The van der Waals surface area contributed by atoms with Gasteiger partial charge >= 0.3 is 5.97 Å². The number of piperazine rings is 1. The highest BCUT2D eigenvalue weighted by molar-refractivity contribution is 5.93. The maximum atomic E-state index is 11.1. The van der Waals surface area contributed by atoms with Gasteiger partial charge in [0.1, 0.15) is 12.4 Å². The third-order valence-corrected chi connectivity index (χ3v) is 6.15. The van der Waals surface area contributed by atoms with Crippen LogP contribution in [-0.2, 0) is 16.0 Å². The van der Waals surface area contributed by atoms with Gasteiger partial charge in [-0.1, -0.05) is 24.3 Å². The number of anilines is 1. The minimum Gasteiger partial charge on any atom is -0.492 e. The van der Waals surface area contributed by atoms with Crippen molar-refractivity contribution < 1.29 is 24.1 Å². The number of aromatic nitrogens is 1. The lowest BCUT2D eigenvalue weighted by Gasteiger charge is -2.35. The molecule has 0 radical (unpaired) electrons. The molecule has 1 aliphatic rings. The molecule has 1 N–H and O–H groups in total. The summed E-state index contributed by atoms with van der Waals surface area (Å²) in [5.41, 5.74) is 2.74. The Morgan fingerprint density at radius 1 is 0.941 bits per heavy atom. The molecule has 0 saturated carbocycles. The Kier molecular flexibility index (Phi) is 8.41.